The lowest BCUT2D eigenvalue weighted by molar-refractivity contribution is 0.296. The average molecular weight is 257 g/mol. The highest BCUT2D eigenvalue weighted by molar-refractivity contribution is 7.99. The largest absolute Gasteiger partial charge is 0.396 e. The average Bonchev–Trinajstić information content (AvgIpc) is 2.33. The van der Waals surface area contributed by atoms with Crippen molar-refractivity contribution in [3.63, 3.8) is 0 Å². The molecule has 0 aliphatic rings. The summed E-state index contributed by atoms with van der Waals surface area (Å²) in [5.41, 5.74) is 0.740. The molecule has 0 aliphatic heterocycles. The highest BCUT2D eigenvalue weighted by Gasteiger charge is 2.08. The van der Waals surface area contributed by atoms with Crippen molar-refractivity contribution in [1.29, 1.82) is 0 Å². The molecule has 96 valence electrons. The van der Waals surface area contributed by atoms with Crippen LogP contribution in [0.2, 0.25) is 0 Å². The van der Waals surface area contributed by atoms with Gasteiger partial charge in [0, 0.05) is 29.4 Å². The van der Waals surface area contributed by atoms with Gasteiger partial charge in [-0.15, -0.1) is 11.8 Å². The van der Waals surface area contributed by atoms with Crippen molar-refractivity contribution >= 4 is 11.8 Å². The van der Waals surface area contributed by atoms with E-state index in [2.05, 4.69) is 12.2 Å². The maximum Gasteiger partial charge on any atom is 0.128 e. The number of hydrogen-bond donors (Lipinski definition) is 2. The Hall–Kier alpha value is -0.580. The maximum absolute atomic E-state index is 13.7. The first-order valence-electron chi connectivity index (χ1n) is 6.01. The zero-order valence-electron chi connectivity index (χ0n) is 10.2. The molecule has 0 saturated carbocycles. The number of hydrogen-bond acceptors (Lipinski definition) is 3. The Kier molecular flexibility index (Phi) is 7.24. The molecule has 0 atom stereocenters. The minimum atomic E-state index is -0.150. The van der Waals surface area contributed by atoms with Gasteiger partial charge in [-0.25, -0.2) is 4.39 Å². The van der Waals surface area contributed by atoms with Crippen molar-refractivity contribution in [3.05, 3.63) is 29.6 Å². The molecule has 0 spiro atoms. The third kappa shape index (κ3) is 5.06. The summed E-state index contributed by atoms with van der Waals surface area (Å²) in [7, 11) is 0. The molecular formula is C13H20FNOS. The summed E-state index contributed by atoms with van der Waals surface area (Å²) < 4.78 is 13.7. The molecule has 0 bridgehead atoms. The van der Waals surface area contributed by atoms with Gasteiger partial charge in [-0.3, -0.25) is 0 Å². The summed E-state index contributed by atoms with van der Waals surface area (Å²) >= 11 is 1.60. The number of rotatable bonds is 8. The fourth-order valence-corrected chi connectivity index (χ4v) is 2.49. The van der Waals surface area contributed by atoms with E-state index in [-0.39, 0.29) is 12.4 Å². The van der Waals surface area contributed by atoms with Crippen molar-refractivity contribution < 1.29 is 9.50 Å². The molecule has 0 heterocycles. The first-order chi connectivity index (χ1) is 8.29. The van der Waals surface area contributed by atoms with E-state index in [0.29, 0.717) is 6.54 Å². The highest BCUT2D eigenvalue weighted by atomic mass is 32.2. The van der Waals surface area contributed by atoms with Crippen molar-refractivity contribution in [2.24, 2.45) is 0 Å². The Morgan fingerprint density at radius 3 is 2.94 bits per heavy atom. The van der Waals surface area contributed by atoms with Gasteiger partial charge in [-0.05, 0) is 31.5 Å². The summed E-state index contributed by atoms with van der Waals surface area (Å²) in [5.74, 6) is 0.670. The van der Waals surface area contributed by atoms with Gasteiger partial charge in [-0.1, -0.05) is 13.0 Å². The van der Waals surface area contributed by atoms with Crippen LogP contribution in [-0.4, -0.2) is 24.0 Å². The van der Waals surface area contributed by atoms with Gasteiger partial charge in [0.05, 0.1) is 0 Å². The number of benzene rings is 1. The molecule has 0 aromatic heterocycles. The molecule has 1 aromatic carbocycles. The molecule has 0 amide bonds. The van der Waals surface area contributed by atoms with Crippen molar-refractivity contribution in [2.75, 3.05) is 18.9 Å². The van der Waals surface area contributed by atoms with Gasteiger partial charge in [-0.2, -0.15) is 0 Å². The minimum absolute atomic E-state index is 0.150. The quantitative estimate of drug-likeness (QED) is 0.555. The molecule has 0 fully saturated rings. The summed E-state index contributed by atoms with van der Waals surface area (Å²) in [6.07, 6.45) is 1.78. The van der Waals surface area contributed by atoms with Crippen LogP contribution in [0, 0.1) is 5.82 Å². The minimum Gasteiger partial charge on any atom is -0.396 e. The standard InChI is InChI=1S/C13H20FNOS/c1-2-7-15-10-11-12(14)5-3-6-13(11)17-9-4-8-16/h3,5-6,15-16H,2,4,7-10H2,1H3. The van der Waals surface area contributed by atoms with Gasteiger partial charge in [0.2, 0.25) is 0 Å². The number of aliphatic hydroxyl groups is 1. The molecule has 17 heavy (non-hydrogen) atoms. The van der Waals surface area contributed by atoms with Crippen LogP contribution in [0.1, 0.15) is 25.3 Å². The second-order valence-electron chi connectivity index (χ2n) is 3.82. The van der Waals surface area contributed by atoms with Crippen molar-refractivity contribution in [2.45, 2.75) is 31.2 Å². The molecule has 4 heteroatoms. The summed E-state index contributed by atoms with van der Waals surface area (Å²) in [5, 5.41) is 12.0. The molecule has 0 saturated heterocycles. The molecule has 2 nitrogen and oxygen atoms in total. The van der Waals surface area contributed by atoms with E-state index in [1.165, 1.54) is 6.07 Å². The Morgan fingerprint density at radius 2 is 2.24 bits per heavy atom. The summed E-state index contributed by atoms with van der Waals surface area (Å²) in [6.45, 7) is 3.74. The van der Waals surface area contributed by atoms with E-state index < -0.39 is 0 Å². The van der Waals surface area contributed by atoms with Crippen LogP contribution in [0.4, 0.5) is 4.39 Å². The van der Waals surface area contributed by atoms with Gasteiger partial charge < -0.3 is 10.4 Å². The molecule has 0 radical (unpaired) electrons. The van der Waals surface area contributed by atoms with E-state index in [9.17, 15) is 4.39 Å². The van der Waals surface area contributed by atoms with E-state index in [0.717, 1.165) is 35.6 Å². The lowest BCUT2D eigenvalue weighted by atomic mass is 10.2. The van der Waals surface area contributed by atoms with E-state index in [4.69, 9.17) is 5.11 Å². The zero-order chi connectivity index (χ0) is 12.5. The molecule has 0 aliphatic carbocycles. The van der Waals surface area contributed by atoms with Crippen LogP contribution >= 0.6 is 11.8 Å². The van der Waals surface area contributed by atoms with Crippen LogP contribution in [0.15, 0.2) is 23.1 Å². The first kappa shape index (κ1) is 14.5. The molecule has 1 aromatic rings. The van der Waals surface area contributed by atoms with Crippen molar-refractivity contribution in [3.8, 4) is 0 Å². The fourth-order valence-electron chi connectivity index (χ4n) is 1.48. The Morgan fingerprint density at radius 1 is 1.41 bits per heavy atom. The van der Waals surface area contributed by atoms with Gasteiger partial charge in [0.1, 0.15) is 5.82 Å². The van der Waals surface area contributed by atoms with Gasteiger partial charge in [0.25, 0.3) is 0 Å². The van der Waals surface area contributed by atoms with Gasteiger partial charge in [0.15, 0.2) is 0 Å². The summed E-state index contributed by atoms with van der Waals surface area (Å²) in [4.78, 5) is 0.974. The third-order valence-electron chi connectivity index (χ3n) is 2.36. The van der Waals surface area contributed by atoms with Crippen LogP contribution in [0.25, 0.3) is 0 Å². The van der Waals surface area contributed by atoms with Crippen LogP contribution < -0.4 is 5.32 Å². The summed E-state index contributed by atoms with van der Waals surface area (Å²) in [6, 6.07) is 5.17. The SMILES string of the molecule is CCCNCc1c(F)cccc1SCCCO. The normalized spacial score (nSPS) is 10.8. The molecular weight excluding hydrogens is 237 g/mol. The number of nitrogens with one attached hydrogen (secondary N) is 1. The van der Waals surface area contributed by atoms with Crippen LogP contribution in [0.3, 0.4) is 0 Å². The molecule has 1 rings (SSSR count). The Bertz CT molecular complexity index is 333. The second-order valence-corrected chi connectivity index (χ2v) is 4.96. The highest BCUT2D eigenvalue weighted by Crippen LogP contribution is 2.25. The van der Waals surface area contributed by atoms with E-state index in [1.807, 2.05) is 6.07 Å². The van der Waals surface area contributed by atoms with Gasteiger partial charge >= 0.3 is 0 Å². The lowest BCUT2D eigenvalue weighted by Gasteiger charge is -2.10. The fraction of sp³-hybridized carbons (Fsp3) is 0.538. The monoisotopic (exact) mass is 257 g/mol. The number of aliphatic hydroxyl groups excluding tert-OH is 1. The molecule has 0 unspecified atom stereocenters. The Labute approximate surface area is 107 Å². The smallest absolute Gasteiger partial charge is 0.128 e. The van der Waals surface area contributed by atoms with Crippen molar-refractivity contribution in [1.82, 2.24) is 5.32 Å². The van der Waals surface area contributed by atoms with E-state index >= 15 is 0 Å². The number of halogens is 1. The third-order valence-corrected chi connectivity index (χ3v) is 3.55. The lowest BCUT2D eigenvalue weighted by Crippen LogP contribution is -2.15. The van der Waals surface area contributed by atoms with Crippen LogP contribution in [-0.2, 0) is 6.54 Å². The zero-order valence-corrected chi connectivity index (χ0v) is 11.0. The predicted molar refractivity (Wildman–Crippen MR) is 70.8 cm³/mol. The molecule has 2 N–H and O–H groups in total. The Balaban J connectivity index is 2.63. The topological polar surface area (TPSA) is 32.3 Å². The predicted octanol–water partition coefficient (Wildman–Crippen LogP) is 2.80. The second kappa shape index (κ2) is 8.50. The maximum atomic E-state index is 13.7. The van der Waals surface area contributed by atoms with Crippen LogP contribution in [0.5, 0.6) is 0 Å². The number of thioether (sulfide) groups is 1. The van der Waals surface area contributed by atoms with E-state index in [1.54, 1.807) is 17.8 Å². The first-order valence-corrected chi connectivity index (χ1v) is 7.00.